The summed E-state index contributed by atoms with van der Waals surface area (Å²) in [6.45, 7) is 4.42. The highest BCUT2D eigenvalue weighted by atomic mass is 32.2. The predicted molar refractivity (Wildman–Crippen MR) is 125 cm³/mol. The van der Waals surface area contributed by atoms with E-state index < -0.39 is 16.1 Å². The van der Waals surface area contributed by atoms with E-state index in [-0.39, 0.29) is 11.4 Å². The number of carbonyl (C=O) groups excluding carboxylic acids is 1. The molecule has 2 amide bonds. The van der Waals surface area contributed by atoms with Gasteiger partial charge in [0.05, 0.1) is 29.9 Å². The molecule has 4 rings (SSSR count). The molecule has 0 aliphatic carbocycles. The predicted octanol–water partition coefficient (Wildman–Crippen LogP) is 4.16. The zero-order valence-corrected chi connectivity index (χ0v) is 19.6. The van der Waals surface area contributed by atoms with E-state index in [0.717, 1.165) is 21.7 Å². The molecule has 2 heterocycles. The van der Waals surface area contributed by atoms with Crippen molar-refractivity contribution in [3.63, 3.8) is 0 Å². The SMILES string of the molecule is COc1ccc(C)cc1NC(=O)Nc1nc2c(s1)CN(S(=O)(=O)c1ccc(C)cc1)CC2. The average Bonchev–Trinajstić information content (AvgIpc) is 3.15. The Hall–Kier alpha value is -2.95. The number of aromatic nitrogens is 1. The average molecular weight is 473 g/mol. The maximum Gasteiger partial charge on any atom is 0.325 e. The summed E-state index contributed by atoms with van der Waals surface area (Å²) in [6, 6.07) is 11.9. The van der Waals surface area contributed by atoms with Gasteiger partial charge < -0.3 is 10.1 Å². The van der Waals surface area contributed by atoms with Gasteiger partial charge in [0.25, 0.3) is 0 Å². The minimum Gasteiger partial charge on any atom is -0.495 e. The fourth-order valence-corrected chi connectivity index (χ4v) is 5.97. The number of nitrogens with zero attached hydrogens (tertiary/aromatic N) is 2. The van der Waals surface area contributed by atoms with Crippen molar-refractivity contribution in [3.8, 4) is 5.75 Å². The van der Waals surface area contributed by atoms with Gasteiger partial charge in [-0.3, -0.25) is 5.32 Å². The van der Waals surface area contributed by atoms with Gasteiger partial charge in [-0.2, -0.15) is 4.31 Å². The highest BCUT2D eigenvalue weighted by molar-refractivity contribution is 7.89. The standard InChI is InChI=1S/C22H24N4O4S2/c1-14-4-7-16(8-5-14)32(28,29)26-11-10-17-20(13-26)31-22(24-17)25-21(27)23-18-12-15(2)6-9-19(18)30-3/h4-9,12H,10-11,13H2,1-3H3,(H2,23,24,25,27). The molecule has 1 aromatic heterocycles. The molecule has 10 heteroatoms. The van der Waals surface area contributed by atoms with Crippen LogP contribution in [-0.2, 0) is 23.0 Å². The van der Waals surface area contributed by atoms with Crippen molar-refractivity contribution in [2.24, 2.45) is 0 Å². The number of thiazole rings is 1. The Morgan fingerprint density at radius 3 is 2.53 bits per heavy atom. The van der Waals surface area contributed by atoms with E-state index in [1.54, 1.807) is 37.4 Å². The number of hydrogen-bond acceptors (Lipinski definition) is 6. The number of anilines is 2. The number of amides is 2. The zero-order chi connectivity index (χ0) is 22.9. The molecule has 2 N–H and O–H groups in total. The zero-order valence-electron chi connectivity index (χ0n) is 18.0. The number of ether oxygens (including phenoxy) is 1. The lowest BCUT2D eigenvalue weighted by atomic mass is 10.2. The first-order chi connectivity index (χ1) is 15.3. The number of fused-ring (bicyclic) bond motifs is 1. The van der Waals surface area contributed by atoms with Crippen LogP contribution in [0.4, 0.5) is 15.6 Å². The lowest BCUT2D eigenvalue weighted by Gasteiger charge is -2.25. The van der Waals surface area contributed by atoms with Crippen molar-refractivity contribution in [2.75, 3.05) is 24.3 Å². The molecule has 32 heavy (non-hydrogen) atoms. The van der Waals surface area contributed by atoms with Gasteiger partial charge in [0.15, 0.2) is 5.13 Å². The molecule has 0 saturated carbocycles. The molecule has 0 radical (unpaired) electrons. The smallest absolute Gasteiger partial charge is 0.325 e. The van der Waals surface area contributed by atoms with Crippen LogP contribution in [-0.4, -0.2) is 37.4 Å². The molecular weight excluding hydrogens is 448 g/mol. The Kier molecular flexibility index (Phi) is 6.18. The van der Waals surface area contributed by atoms with Gasteiger partial charge in [-0.05, 0) is 43.7 Å². The highest BCUT2D eigenvalue weighted by Gasteiger charge is 2.30. The summed E-state index contributed by atoms with van der Waals surface area (Å²) in [5, 5.41) is 5.94. The molecule has 0 atom stereocenters. The molecule has 8 nitrogen and oxygen atoms in total. The lowest BCUT2D eigenvalue weighted by molar-refractivity contribution is 0.262. The van der Waals surface area contributed by atoms with Crippen LogP contribution < -0.4 is 15.4 Å². The molecule has 168 valence electrons. The Labute approximate surface area is 191 Å². The van der Waals surface area contributed by atoms with E-state index >= 15 is 0 Å². The summed E-state index contributed by atoms with van der Waals surface area (Å²) < 4.78 is 32.7. The first kappa shape index (κ1) is 22.3. The van der Waals surface area contributed by atoms with Crippen LogP contribution in [0.5, 0.6) is 5.75 Å². The first-order valence-corrected chi connectivity index (χ1v) is 12.3. The number of nitrogens with one attached hydrogen (secondary N) is 2. The quantitative estimate of drug-likeness (QED) is 0.581. The Bertz CT molecular complexity index is 1250. The van der Waals surface area contributed by atoms with Crippen LogP contribution in [0, 0.1) is 13.8 Å². The fraction of sp³-hybridized carbons (Fsp3) is 0.273. The number of rotatable bonds is 5. The summed E-state index contributed by atoms with van der Waals surface area (Å²) in [4.78, 5) is 18.1. The Morgan fingerprint density at radius 1 is 1.09 bits per heavy atom. The molecule has 1 aliphatic rings. The van der Waals surface area contributed by atoms with Gasteiger partial charge >= 0.3 is 6.03 Å². The van der Waals surface area contributed by atoms with E-state index in [9.17, 15) is 13.2 Å². The monoisotopic (exact) mass is 472 g/mol. The second-order valence-electron chi connectivity index (χ2n) is 7.57. The summed E-state index contributed by atoms with van der Waals surface area (Å²) in [5.41, 5.74) is 3.36. The van der Waals surface area contributed by atoms with Crippen molar-refractivity contribution in [2.45, 2.75) is 31.7 Å². The molecule has 0 saturated heterocycles. The molecular formula is C22H24N4O4S2. The van der Waals surface area contributed by atoms with Gasteiger partial charge in [-0.1, -0.05) is 35.1 Å². The van der Waals surface area contributed by atoms with Crippen LogP contribution in [0.2, 0.25) is 0 Å². The van der Waals surface area contributed by atoms with Crippen molar-refractivity contribution in [1.82, 2.24) is 9.29 Å². The largest absolute Gasteiger partial charge is 0.495 e. The second kappa shape index (κ2) is 8.89. The van der Waals surface area contributed by atoms with E-state index in [4.69, 9.17) is 4.74 Å². The number of hydrogen-bond donors (Lipinski definition) is 2. The molecule has 2 aromatic carbocycles. The third-order valence-corrected chi connectivity index (χ3v) is 8.04. The second-order valence-corrected chi connectivity index (χ2v) is 10.6. The van der Waals surface area contributed by atoms with Gasteiger partial charge in [0.1, 0.15) is 5.75 Å². The number of urea groups is 1. The topological polar surface area (TPSA) is 101 Å². The Morgan fingerprint density at radius 2 is 1.81 bits per heavy atom. The van der Waals surface area contributed by atoms with Crippen molar-refractivity contribution in [1.29, 1.82) is 0 Å². The Balaban J connectivity index is 1.46. The molecule has 0 fully saturated rings. The number of carbonyl (C=O) groups is 1. The van der Waals surface area contributed by atoms with Crippen LogP contribution in [0.15, 0.2) is 47.4 Å². The number of methoxy groups -OCH3 is 1. The van der Waals surface area contributed by atoms with Gasteiger partial charge in [0, 0.05) is 17.8 Å². The third-order valence-electron chi connectivity index (χ3n) is 5.18. The minimum atomic E-state index is -3.59. The summed E-state index contributed by atoms with van der Waals surface area (Å²) in [5.74, 6) is 0.557. The van der Waals surface area contributed by atoms with E-state index in [1.807, 2.05) is 26.0 Å². The van der Waals surface area contributed by atoms with Crippen LogP contribution in [0.25, 0.3) is 0 Å². The molecule has 1 aliphatic heterocycles. The molecule has 0 spiro atoms. The lowest BCUT2D eigenvalue weighted by Crippen LogP contribution is -2.35. The summed E-state index contributed by atoms with van der Waals surface area (Å²) in [7, 11) is -2.05. The third kappa shape index (κ3) is 4.62. The molecule has 3 aromatic rings. The van der Waals surface area contributed by atoms with Crippen LogP contribution >= 0.6 is 11.3 Å². The maximum atomic E-state index is 13.0. The maximum absolute atomic E-state index is 13.0. The van der Waals surface area contributed by atoms with Crippen LogP contribution in [0.3, 0.4) is 0 Å². The van der Waals surface area contributed by atoms with Gasteiger partial charge in [-0.15, -0.1) is 0 Å². The number of benzene rings is 2. The van der Waals surface area contributed by atoms with Crippen molar-refractivity contribution >= 4 is 38.2 Å². The summed E-state index contributed by atoms with van der Waals surface area (Å²) >= 11 is 1.28. The normalized spacial score (nSPS) is 14.0. The van der Waals surface area contributed by atoms with Crippen LogP contribution in [0.1, 0.15) is 21.7 Å². The van der Waals surface area contributed by atoms with E-state index in [0.29, 0.717) is 29.5 Å². The summed E-state index contributed by atoms with van der Waals surface area (Å²) in [6.07, 6.45) is 0.492. The highest BCUT2D eigenvalue weighted by Crippen LogP contribution is 2.31. The van der Waals surface area contributed by atoms with Gasteiger partial charge in [0.2, 0.25) is 10.0 Å². The molecule has 0 unspecified atom stereocenters. The van der Waals surface area contributed by atoms with Crippen molar-refractivity contribution in [3.05, 3.63) is 64.2 Å². The minimum absolute atomic E-state index is 0.234. The van der Waals surface area contributed by atoms with E-state index in [1.165, 1.54) is 15.6 Å². The van der Waals surface area contributed by atoms with E-state index in [2.05, 4.69) is 15.6 Å². The number of aryl methyl sites for hydroxylation is 2. The van der Waals surface area contributed by atoms with Gasteiger partial charge in [-0.25, -0.2) is 18.2 Å². The number of sulfonamides is 1. The van der Waals surface area contributed by atoms with Crippen molar-refractivity contribution < 1.29 is 17.9 Å². The fourth-order valence-electron chi connectivity index (χ4n) is 3.46. The molecule has 0 bridgehead atoms. The first-order valence-electron chi connectivity index (χ1n) is 10.0.